The largest absolute Gasteiger partial charge is 0.324 e. The van der Waals surface area contributed by atoms with Crippen molar-refractivity contribution in [1.29, 1.82) is 0 Å². The fraction of sp³-hybridized carbons (Fsp3) is 0.308. The summed E-state index contributed by atoms with van der Waals surface area (Å²) in [5.74, 6) is -0.339. The summed E-state index contributed by atoms with van der Waals surface area (Å²) in [6.07, 6.45) is 1.65. The maximum absolute atomic E-state index is 13.0. The predicted octanol–water partition coefficient (Wildman–Crippen LogP) is 1.88. The molecule has 1 aromatic heterocycles. The maximum Gasteiger partial charge on any atom is 0.258 e. The van der Waals surface area contributed by atoms with E-state index in [9.17, 15) is 9.18 Å². The Morgan fingerprint density at radius 3 is 2.71 bits per heavy atom. The number of hydrogen-bond acceptors (Lipinski definition) is 2. The van der Waals surface area contributed by atoms with Crippen LogP contribution in [0.15, 0.2) is 35.3 Å². The maximum atomic E-state index is 13.0. The van der Waals surface area contributed by atoms with Gasteiger partial charge >= 0.3 is 0 Å². The highest BCUT2D eigenvalue weighted by Gasteiger charge is 2.13. The summed E-state index contributed by atoms with van der Waals surface area (Å²) >= 11 is 0. The Balaban J connectivity index is 2.59. The molecule has 2 rings (SSSR count). The van der Waals surface area contributed by atoms with E-state index in [1.54, 1.807) is 16.8 Å². The van der Waals surface area contributed by atoms with Gasteiger partial charge in [-0.1, -0.05) is 0 Å². The van der Waals surface area contributed by atoms with Gasteiger partial charge in [0, 0.05) is 23.7 Å². The van der Waals surface area contributed by atoms with Crippen LogP contribution in [-0.4, -0.2) is 10.1 Å². The Morgan fingerprint density at radius 1 is 1.35 bits per heavy atom. The second kappa shape index (κ2) is 3.96. The summed E-state index contributed by atoms with van der Waals surface area (Å²) in [7, 11) is 0. The molecule has 0 atom stereocenters. The highest BCUT2D eigenvalue weighted by atomic mass is 19.1. The van der Waals surface area contributed by atoms with Gasteiger partial charge in [0.05, 0.1) is 0 Å². The van der Waals surface area contributed by atoms with Crippen molar-refractivity contribution in [2.45, 2.75) is 25.9 Å². The summed E-state index contributed by atoms with van der Waals surface area (Å²) in [5, 5.41) is 1.12. The second-order valence-corrected chi connectivity index (χ2v) is 4.97. The van der Waals surface area contributed by atoms with E-state index in [2.05, 4.69) is 0 Å². The van der Waals surface area contributed by atoms with Crippen molar-refractivity contribution in [3.05, 3.63) is 46.6 Å². The van der Waals surface area contributed by atoms with Gasteiger partial charge in [-0.3, -0.25) is 4.79 Å². The van der Waals surface area contributed by atoms with Crippen molar-refractivity contribution in [2.24, 2.45) is 5.73 Å². The smallest absolute Gasteiger partial charge is 0.258 e. The van der Waals surface area contributed by atoms with Crippen LogP contribution >= 0.6 is 0 Å². The molecule has 17 heavy (non-hydrogen) atoms. The molecular weight excluding hydrogens is 219 g/mol. The molecule has 0 amide bonds. The molecule has 0 saturated carbocycles. The van der Waals surface area contributed by atoms with Crippen molar-refractivity contribution in [3.63, 3.8) is 0 Å². The van der Waals surface area contributed by atoms with E-state index in [4.69, 9.17) is 5.73 Å². The van der Waals surface area contributed by atoms with Gasteiger partial charge in [-0.25, -0.2) is 4.39 Å². The van der Waals surface area contributed by atoms with Gasteiger partial charge in [-0.15, -0.1) is 0 Å². The Hall–Kier alpha value is -1.68. The Kier molecular flexibility index (Phi) is 2.75. The topological polar surface area (TPSA) is 48.0 Å². The molecule has 1 aromatic carbocycles. The van der Waals surface area contributed by atoms with E-state index >= 15 is 0 Å². The lowest BCUT2D eigenvalue weighted by atomic mass is 10.1. The summed E-state index contributed by atoms with van der Waals surface area (Å²) in [6.45, 7) is 4.14. The lowest BCUT2D eigenvalue weighted by molar-refractivity contribution is 0.428. The zero-order valence-corrected chi connectivity index (χ0v) is 9.90. The van der Waals surface area contributed by atoms with Gasteiger partial charge in [0.15, 0.2) is 0 Å². The Morgan fingerprint density at radius 2 is 2.06 bits per heavy atom. The summed E-state index contributed by atoms with van der Waals surface area (Å²) in [6, 6.07) is 5.88. The van der Waals surface area contributed by atoms with Crippen molar-refractivity contribution in [3.8, 4) is 0 Å². The molecule has 0 radical (unpaired) electrons. The van der Waals surface area contributed by atoms with Crippen LogP contribution in [0.2, 0.25) is 0 Å². The normalized spacial score (nSPS) is 12.0. The molecule has 0 saturated heterocycles. The van der Waals surface area contributed by atoms with E-state index in [0.29, 0.717) is 17.3 Å². The van der Waals surface area contributed by atoms with Crippen molar-refractivity contribution in [2.75, 3.05) is 0 Å². The first-order valence-corrected chi connectivity index (χ1v) is 5.44. The number of halogens is 1. The standard InChI is InChI=1S/C13H15FN2O/c1-13(2,15)8-16-6-5-9-7-10(14)3-4-11(9)12(16)17/h3-7H,8,15H2,1-2H3. The second-order valence-electron chi connectivity index (χ2n) is 4.97. The molecule has 0 aliphatic carbocycles. The van der Waals surface area contributed by atoms with Crippen molar-refractivity contribution < 1.29 is 4.39 Å². The van der Waals surface area contributed by atoms with Crippen LogP contribution in [-0.2, 0) is 6.54 Å². The lowest BCUT2D eigenvalue weighted by Crippen LogP contribution is -2.40. The summed E-state index contributed by atoms with van der Waals surface area (Å²) in [4.78, 5) is 12.1. The van der Waals surface area contributed by atoms with Crippen LogP contribution in [0.4, 0.5) is 4.39 Å². The third kappa shape index (κ3) is 2.53. The highest BCUT2D eigenvalue weighted by molar-refractivity contribution is 5.81. The van der Waals surface area contributed by atoms with E-state index in [1.807, 2.05) is 13.8 Å². The third-order valence-electron chi connectivity index (χ3n) is 2.52. The number of nitrogens with two attached hydrogens (primary N) is 1. The van der Waals surface area contributed by atoms with Gasteiger partial charge in [0.1, 0.15) is 5.82 Å². The van der Waals surface area contributed by atoms with Gasteiger partial charge in [-0.05, 0) is 43.5 Å². The minimum Gasteiger partial charge on any atom is -0.324 e. The minimum atomic E-state index is -0.461. The number of aromatic nitrogens is 1. The molecule has 0 aliphatic heterocycles. The quantitative estimate of drug-likeness (QED) is 0.862. The lowest BCUT2D eigenvalue weighted by Gasteiger charge is -2.20. The first-order chi connectivity index (χ1) is 7.87. The molecule has 0 bridgehead atoms. The van der Waals surface area contributed by atoms with Gasteiger partial charge in [0.25, 0.3) is 5.56 Å². The first-order valence-electron chi connectivity index (χ1n) is 5.44. The average molecular weight is 234 g/mol. The number of fused-ring (bicyclic) bond motifs is 1. The molecule has 4 heteroatoms. The van der Waals surface area contributed by atoms with Crippen LogP contribution < -0.4 is 11.3 Å². The number of benzene rings is 1. The van der Waals surface area contributed by atoms with E-state index in [-0.39, 0.29) is 11.4 Å². The van der Waals surface area contributed by atoms with E-state index in [0.717, 1.165) is 0 Å². The predicted molar refractivity (Wildman–Crippen MR) is 66.4 cm³/mol. The number of rotatable bonds is 2. The summed E-state index contributed by atoms with van der Waals surface area (Å²) < 4.78 is 14.6. The van der Waals surface area contributed by atoms with Gasteiger partial charge in [0.2, 0.25) is 0 Å². The number of pyridine rings is 1. The zero-order chi connectivity index (χ0) is 12.6. The molecule has 0 unspecified atom stereocenters. The molecule has 0 spiro atoms. The molecule has 1 heterocycles. The number of hydrogen-bond donors (Lipinski definition) is 1. The van der Waals surface area contributed by atoms with Crippen LogP contribution in [0.25, 0.3) is 10.8 Å². The van der Waals surface area contributed by atoms with Gasteiger partial charge < -0.3 is 10.3 Å². The molecule has 2 aromatic rings. The third-order valence-corrected chi connectivity index (χ3v) is 2.52. The zero-order valence-electron chi connectivity index (χ0n) is 9.90. The highest BCUT2D eigenvalue weighted by Crippen LogP contribution is 2.12. The molecule has 0 fully saturated rings. The molecule has 90 valence electrons. The molecule has 2 N–H and O–H groups in total. The molecule has 0 aliphatic rings. The van der Waals surface area contributed by atoms with Crippen molar-refractivity contribution >= 4 is 10.8 Å². The SMILES string of the molecule is CC(C)(N)Cn1ccc2cc(F)ccc2c1=O. The van der Waals surface area contributed by atoms with Crippen LogP contribution in [0.1, 0.15) is 13.8 Å². The number of nitrogens with zero attached hydrogens (tertiary/aromatic N) is 1. The average Bonchev–Trinajstić information content (AvgIpc) is 2.20. The van der Waals surface area contributed by atoms with E-state index in [1.165, 1.54) is 18.2 Å². The minimum absolute atomic E-state index is 0.138. The first kappa shape index (κ1) is 11.8. The van der Waals surface area contributed by atoms with Crippen LogP contribution in [0.5, 0.6) is 0 Å². The van der Waals surface area contributed by atoms with Crippen LogP contribution in [0.3, 0.4) is 0 Å². The Bertz CT molecular complexity index is 611. The molecule has 3 nitrogen and oxygen atoms in total. The van der Waals surface area contributed by atoms with Crippen molar-refractivity contribution in [1.82, 2.24) is 4.57 Å². The van der Waals surface area contributed by atoms with Gasteiger partial charge in [-0.2, -0.15) is 0 Å². The fourth-order valence-electron chi connectivity index (χ4n) is 1.82. The Labute approximate surface area is 98.7 Å². The van der Waals surface area contributed by atoms with E-state index < -0.39 is 5.54 Å². The monoisotopic (exact) mass is 234 g/mol. The van der Waals surface area contributed by atoms with Crippen LogP contribution in [0, 0.1) is 5.82 Å². The fourth-order valence-corrected chi connectivity index (χ4v) is 1.82. The molecular formula is C13H15FN2O. The summed E-state index contributed by atoms with van der Waals surface area (Å²) in [5.41, 5.74) is 5.29.